The summed E-state index contributed by atoms with van der Waals surface area (Å²) in [6.45, 7) is 0.134. The van der Waals surface area contributed by atoms with E-state index in [2.05, 4.69) is 20.6 Å². The first kappa shape index (κ1) is 19.7. The molecule has 4 aromatic rings. The van der Waals surface area contributed by atoms with Gasteiger partial charge in [-0.2, -0.15) is 9.61 Å². The molecule has 152 valence electrons. The first-order chi connectivity index (χ1) is 14.6. The summed E-state index contributed by atoms with van der Waals surface area (Å²) >= 11 is 6.01. The molecule has 0 spiro atoms. The number of carbonyl (C=O) groups excluding carboxylic acids is 1. The number of hydrogen-bond acceptors (Lipinski definition) is 6. The number of hydrogen-bond donors (Lipinski definition) is 1. The number of amides is 1. The summed E-state index contributed by atoms with van der Waals surface area (Å²) in [5.74, 6) is 1.36. The van der Waals surface area contributed by atoms with Crippen molar-refractivity contribution in [1.82, 2.24) is 25.1 Å². The van der Waals surface area contributed by atoms with E-state index in [4.69, 9.17) is 21.1 Å². The molecular formula is C21H18ClN5O3. The van der Waals surface area contributed by atoms with Crippen LogP contribution in [0.3, 0.4) is 0 Å². The molecule has 0 atom stereocenters. The molecule has 0 saturated heterocycles. The topological polar surface area (TPSA) is 90.6 Å². The molecule has 2 aromatic heterocycles. The summed E-state index contributed by atoms with van der Waals surface area (Å²) < 4.78 is 12.0. The average Bonchev–Trinajstić information content (AvgIpc) is 3.19. The van der Waals surface area contributed by atoms with Gasteiger partial charge in [0.15, 0.2) is 11.5 Å². The fourth-order valence-electron chi connectivity index (χ4n) is 2.97. The van der Waals surface area contributed by atoms with Gasteiger partial charge in [0.1, 0.15) is 11.5 Å². The minimum absolute atomic E-state index is 0.134. The second-order valence-electron chi connectivity index (χ2n) is 6.36. The van der Waals surface area contributed by atoms with E-state index >= 15 is 0 Å². The summed E-state index contributed by atoms with van der Waals surface area (Å²) in [6, 6.07) is 16.1. The molecule has 0 bridgehead atoms. The maximum absolute atomic E-state index is 12.6. The van der Waals surface area contributed by atoms with Crippen LogP contribution in [0.5, 0.6) is 11.5 Å². The summed E-state index contributed by atoms with van der Waals surface area (Å²) in [6.07, 6.45) is 0. The van der Waals surface area contributed by atoms with Crippen molar-refractivity contribution in [3.8, 4) is 22.8 Å². The third-order valence-corrected chi connectivity index (χ3v) is 4.76. The highest BCUT2D eigenvalue weighted by Gasteiger charge is 2.15. The van der Waals surface area contributed by atoms with Gasteiger partial charge in [-0.1, -0.05) is 11.6 Å². The fourth-order valence-corrected chi connectivity index (χ4v) is 3.14. The Morgan fingerprint density at radius 3 is 2.57 bits per heavy atom. The van der Waals surface area contributed by atoms with Crippen LogP contribution in [0.15, 0.2) is 54.6 Å². The van der Waals surface area contributed by atoms with Gasteiger partial charge in [0.2, 0.25) is 0 Å². The average molecular weight is 424 g/mol. The normalized spacial score (nSPS) is 10.8. The molecule has 1 N–H and O–H groups in total. The molecular weight excluding hydrogens is 406 g/mol. The molecule has 0 aliphatic heterocycles. The van der Waals surface area contributed by atoms with Crippen LogP contribution >= 0.6 is 11.6 Å². The van der Waals surface area contributed by atoms with E-state index in [-0.39, 0.29) is 12.5 Å². The van der Waals surface area contributed by atoms with Crippen LogP contribution in [0.1, 0.15) is 16.2 Å². The molecule has 0 aliphatic rings. The van der Waals surface area contributed by atoms with E-state index in [9.17, 15) is 4.79 Å². The number of halogens is 1. The second-order valence-corrected chi connectivity index (χ2v) is 6.80. The lowest BCUT2D eigenvalue weighted by molar-refractivity contribution is 0.0946. The first-order valence-corrected chi connectivity index (χ1v) is 9.44. The lowest BCUT2D eigenvalue weighted by Gasteiger charge is -2.09. The van der Waals surface area contributed by atoms with Gasteiger partial charge in [0.25, 0.3) is 5.91 Å². The van der Waals surface area contributed by atoms with E-state index in [0.717, 1.165) is 17.0 Å². The highest BCUT2D eigenvalue weighted by molar-refractivity contribution is 6.31. The number of rotatable bonds is 6. The van der Waals surface area contributed by atoms with Gasteiger partial charge < -0.3 is 14.8 Å². The number of aromatic nitrogens is 4. The predicted molar refractivity (Wildman–Crippen MR) is 112 cm³/mol. The number of methoxy groups -OCH3 is 2. The van der Waals surface area contributed by atoms with E-state index in [1.165, 1.54) is 7.11 Å². The monoisotopic (exact) mass is 423 g/mol. The molecule has 4 rings (SSSR count). The third-order valence-electron chi connectivity index (χ3n) is 4.53. The van der Waals surface area contributed by atoms with Gasteiger partial charge >= 0.3 is 0 Å². The van der Waals surface area contributed by atoms with Crippen LogP contribution in [0.25, 0.3) is 16.9 Å². The van der Waals surface area contributed by atoms with Crippen molar-refractivity contribution >= 4 is 23.2 Å². The smallest absolute Gasteiger partial charge is 0.255 e. The summed E-state index contributed by atoms with van der Waals surface area (Å²) in [5, 5.41) is 16.1. The quantitative estimate of drug-likeness (QED) is 0.511. The van der Waals surface area contributed by atoms with Gasteiger partial charge in [-0.15, -0.1) is 10.2 Å². The number of fused-ring (bicyclic) bond motifs is 1. The number of ether oxygens (including phenoxy) is 2. The predicted octanol–water partition coefficient (Wildman–Crippen LogP) is 3.39. The number of carbonyl (C=O) groups is 1. The molecule has 0 unspecified atom stereocenters. The Labute approximate surface area is 177 Å². The minimum Gasteiger partial charge on any atom is -0.497 e. The summed E-state index contributed by atoms with van der Waals surface area (Å²) in [5.41, 5.74) is 2.58. The van der Waals surface area contributed by atoms with Gasteiger partial charge in [0.05, 0.1) is 32.0 Å². The lowest BCUT2D eigenvalue weighted by atomic mass is 10.1. The maximum Gasteiger partial charge on any atom is 0.255 e. The zero-order valence-corrected chi connectivity index (χ0v) is 17.1. The van der Waals surface area contributed by atoms with E-state index in [1.54, 1.807) is 29.8 Å². The molecule has 0 radical (unpaired) electrons. The van der Waals surface area contributed by atoms with Crippen LogP contribution in [0.4, 0.5) is 0 Å². The standard InChI is InChI=1S/C21H18ClN5O3/c1-29-15-6-3-13(4-7-15)17-8-10-19-24-25-20(27(19)26-17)12-23-21(28)16-11-14(22)5-9-18(16)30-2/h3-11H,12H2,1-2H3,(H,23,28). The maximum atomic E-state index is 12.6. The molecule has 30 heavy (non-hydrogen) atoms. The highest BCUT2D eigenvalue weighted by atomic mass is 35.5. The largest absolute Gasteiger partial charge is 0.497 e. The highest BCUT2D eigenvalue weighted by Crippen LogP contribution is 2.23. The molecule has 9 heteroatoms. The first-order valence-electron chi connectivity index (χ1n) is 9.06. The van der Waals surface area contributed by atoms with Crippen LogP contribution in [-0.2, 0) is 6.54 Å². The zero-order valence-electron chi connectivity index (χ0n) is 16.3. The Morgan fingerprint density at radius 1 is 1.03 bits per heavy atom. The lowest BCUT2D eigenvalue weighted by Crippen LogP contribution is -2.24. The number of nitrogens with one attached hydrogen (secondary N) is 1. The van der Waals surface area contributed by atoms with E-state index < -0.39 is 0 Å². The Morgan fingerprint density at radius 2 is 1.83 bits per heavy atom. The molecule has 0 saturated carbocycles. The van der Waals surface area contributed by atoms with Crippen molar-refractivity contribution in [1.29, 1.82) is 0 Å². The Balaban J connectivity index is 1.57. The van der Waals surface area contributed by atoms with E-state index in [0.29, 0.717) is 27.8 Å². The van der Waals surface area contributed by atoms with Crippen molar-refractivity contribution < 1.29 is 14.3 Å². The zero-order chi connectivity index (χ0) is 21.1. The van der Waals surface area contributed by atoms with Crippen LogP contribution in [0, 0.1) is 0 Å². The third kappa shape index (κ3) is 3.90. The second kappa shape index (κ2) is 8.38. The van der Waals surface area contributed by atoms with Crippen molar-refractivity contribution in [2.75, 3.05) is 14.2 Å². The Bertz CT molecular complexity index is 1210. The molecule has 1 amide bonds. The summed E-state index contributed by atoms with van der Waals surface area (Å²) in [4.78, 5) is 12.6. The van der Waals surface area contributed by atoms with Crippen LogP contribution < -0.4 is 14.8 Å². The van der Waals surface area contributed by atoms with Crippen LogP contribution in [0.2, 0.25) is 5.02 Å². The Hall–Kier alpha value is -3.65. The SMILES string of the molecule is COc1ccc(-c2ccc3nnc(CNC(=O)c4cc(Cl)ccc4OC)n3n2)cc1. The molecule has 2 aromatic carbocycles. The molecule has 0 aliphatic carbocycles. The van der Waals surface area contributed by atoms with Crippen LogP contribution in [-0.4, -0.2) is 39.9 Å². The van der Waals surface area contributed by atoms with Gasteiger partial charge in [-0.3, -0.25) is 4.79 Å². The van der Waals surface area contributed by atoms with Gasteiger partial charge in [-0.25, -0.2) is 0 Å². The minimum atomic E-state index is -0.336. The molecule has 2 heterocycles. The molecule has 8 nitrogen and oxygen atoms in total. The molecule has 0 fully saturated rings. The van der Waals surface area contributed by atoms with Gasteiger partial charge in [-0.05, 0) is 54.6 Å². The van der Waals surface area contributed by atoms with Crippen molar-refractivity contribution in [2.24, 2.45) is 0 Å². The van der Waals surface area contributed by atoms with E-state index in [1.807, 2.05) is 36.4 Å². The van der Waals surface area contributed by atoms with Crippen molar-refractivity contribution in [3.05, 3.63) is 71.0 Å². The number of benzene rings is 2. The van der Waals surface area contributed by atoms with Crippen molar-refractivity contribution in [2.45, 2.75) is 6.54 Å². The summed E-state index contributed by atoms with van der Waals surface area (Å²) in [7, 11) is 3.12. The fraction of sp³-hybridized carbons (Fsp3) is 0.143. The Kier molecular flexibility index (Phi) is 5.49. The van der Waals surface area contributed by atoms with Crippen molar-refractivity contribution in [3.63, 3.8) is 0 Å². The number of nitrogens with zero attached hydrogens (tertiary/aromatic N) is 4. The van der Waals surface area contributed by atoms with Gasteiger partial charge in [0, 0.05) is 10.6 Å².